The highest BCUT2D eigenvalue weighted by Crippen LogP contribution is 2.30. The van der Waals surface area contributed by atoms with Gasteiger partial charge in [0, 0.05) is 13.1 Å². The number of morpholine rings is 1. The molecule has 1 aliphatic rings. The Hall–Kier alpha value is -1.89. The Balaban J connectivity index is 1.89. The molecule has 0 amide bonds. The first-order valence-electron chi connectivity index (χ1n) is 8.25. The molecule has 0 N–H and O–H groups in total. The number of sulfonamides is 1. The van der Waals surface area contributed by atoms with E-state index in [0.29, 0.717) is 24.6 Å². The molecular weight excluding hydrogens is 338 g/mol. The number of nitrogens with zero attached hydrogens (tertiary/aromatic N) is 1. The van der Waals surface area contributed by atoms with Crippen LogP contribution in [0.15, 0.2) is 47.4 Å². The maximum absolute atomic E-state index is 13.1. The Kier molecular flexibility index (Phi) is 5.13. The number of hydrogen-bond acceptors (Lipinski definition) is 4. The van der Waals surface area contributed by atoms with Crippen LogP contribution >= 0.6 is 0 Å². The van der Waals surface area contributed by atoms with E-state index in [-0.39, 0.29) is 6.10 Å². The standard InChI is InChI=1S/C19H23NO4S/c1-14-11-17(12-15(2)19(14)23-3)25(21,22)20-9-10-24-18(13-20)16-7-5-4-6-8-16/h4-8,11-12,18H,9-10,13H2,1-3H3. The molecule has 0 radical (unpaired) electrons. The van der Waals surface area contributed by atoms with E-state index in [2.05, 4.69) is 0 Å². The van der Waals surface area contributed by atoms with Crippen LogP contribution in [0, 0.1) is 13.8 Å². The summed E-state index contributed by atoms with van der Waals surface area (Å²) >= 11 is 0. The molecule has 134 valence electrons. The van der Waals surface area contributed by atoms with Crippen molar-refractivity contribution in [3.63, 3.8) is 0 Å². The van der Waals surface area contributed by atoms with Gasteiger partial charge in [-0.2, -0.15) is 4.31 Å². The Bertz CT molecular complexity index is 826. The molecule has 1 atom stereocenters. The summed E-state index contributed by atoms with van der Waals surface area (Å²) in [7, 11) is -1.98. The number of ether oxygens (including phenoxy) is 2. The van der Waals surface area contributed by atoms with Crippen molar-refractivity contribution >= 4 is 10.0 Å². The highest BCUT2D eigenvalue weighted by molar-refractivity contribution is 7.89. The number of aryl methyl sites for hydroxylation is 2. The van der Waals surface area contributed by atoms with E-state index >= 15 is 0 Å². The smallest absolute Gasteiger partial charge is 0.243 e. The van der Waals surface area contributed by atoms with Crippen LogP contribution < -0.4 is 4.74 Å². The van der Waals surface area contributed by atoms with Crippen molar-refractivity contribution in [2.75, 3.05) is 26.8 Å². The first kappa shape index (κ1) is 17.9. The van der Waals surface area contributed by atoms with Crippen LogP contribution in [-0.4, -0.2) is 39.5 Å². The van der Waals surface area contributed by atoms with Crippen LogP contribution in [0.1, 0.15) is 22.8 Å². The first-order chi connectivity index (χ1) is 11.9. The van der Waals surface area contributed by atoms with Gasteiger partial charge in [-0.25, -0.2) is 8.42 Å². The van der Waals surface area contributed by atoms with Crippen molar-refractivity contribution in [3.05, 3.63) is 59.2 Å². The van der Waals surface area contributed by atoms with Crippen LogP contribution in [0.25, 0.3) is 0 Å². The second kappa shape index (κ2) is 7.15. The van der Waals surface area contributed by atoms with Crippen LogP contribution in [0.4, 0.5) is 0 Å². The minimum absolute atomic E-state index is 0.245. The third kappa shape index (κ3) is 3.56. The van der Waals surface area contributed by atoms with Gasteiger partial charge in [0.05, 0.1) is 24.7 Å². The highest BCUT2D eigenvalue weighted by atomic mass is 32.2. The molecule has 0 aromatic heterocycles. The molecule has 5 nitrogen and oxygen atoms in total. The van der Waals surface area contributed by atoms with Gasteiger partial charge in [0.15, 0.2) is 0 Å². The van der Waals surface area contributed by atoms with Gasteiger partial charge in [-0.3, -0.25) is 0 Å². The van der Waals surface area contributed by atoms with Crippen LogP contribution in [0.3, 0.4) is 0 Å². The number of rotatable bonds is 4. The Morgan fingerprint density at radius 1 is 1.12 bits per heavy atom. The molecule has 1 fully saturated rings. The zero-order valence-corrected chi connectivity index (χ0v) is 15.5. The summed E-state index contributed by atoms with van der Waals surface area (Å²) < 4.78 is 38.8. The minimum atomic E-state index is -3.58. The van der Waals surface area contributed by atoms with Gasteiger partial charge in [-0.05, 0) is 42.7 Å². The van der Waals surface area contributed by atoms with Gasteiger partial charge in [0.1, 0.15) is 5.75 Å². The van der Waals surface area contributed by atoms with E-state index in [1.54, 1.807) is 19.2 Å². The molecule has 25 heavy (non-hydrogen) atoms. The van der Waals surface area contributed by atoms with Gasteiger partial charge >= 0.3 is 0 Å². The van der Waals surface area contributed by atoms with Crippen LogP contribution in [-0.2, 0) is 14.8 Å². The number of hydrogen-bond donors (Lipinski definition) is 0. The Labute approximate surface area is 149 Å². The summed E-state index contributed by atoms with van der Waals surface area (Å²) in [5, 5.41) is 0. The molecule has 0 spiro atoms. The van der Waals surface area contributed by atoms with E-state index < -0.39 is 10.0 Å². The van der Waals surface area contributed by atoms with Gasteiger partial charge in [-0.1, -0.05) is 30.3 Å². The second-order valence-corrected chi connectivity index (χ2v) is 8.16. The lowest BCUT2D eigenvalue weighted by Gasteiger charge is -2.32. The first-order valence-corrected chi connectivity index (χ1v) is 9.69. The Morgan fingerprint density at radius 3 is 2.36 bits per heavy atom. The predicted octanol–water partition coefficient (Wildman–Crippen LogP) is 3.07. The highest BCUT2D eigenvalue weighted by Gasteiger charge is 2.32. The van der Waals surface area contributed by atoms with E-state index in [4.69, 9.17) is 9.47 Å². The van der Waals surface area contributed by atoms with Crippen molar-refractivity contribution in [1.29, 1.82) is 0 Å². The summed E-state index contributed by atoms with van der Waals surface area (Å²) in [6.45, 7) is 4.77. The molecule has 0 bridgehead atoms. The number of methoxy groups -OCH3 is 1. The van der Waals surface area contributed by atoms with E-state index in [1.807, 2.05) is 44.2 Å². The van der Waals surface area contributed by atoms with Crippen LogP contribution in [0.5, 0.6) is 5.75 Å². The monoisotopic (exact) mass is 361 g/mol. The maximum Gasteiger partial charge on any atom is 0.243 e. The van der Waals surface area contributed by atoms with Gasteiger partial charge < -0.3 is 9.47 Å². The van der Waals surface area contributed by atoms with Crippen LogP contribution in [0.2, 0.25) is 0 Å². The lowest BCUT2D eigenvalue weighted by atomic mass is 10.1. The summed E-state index contributed by atoms with van der Waals surface area (Å²) in [6, 6.07) is 13.1. The zero-order chi connectivity index (χ0) is 18.0. The molecule has 0 aliphatic carbocycles. The topological polar surface area (TPSA) is 55.8 Å². The van der Waals surface area contributed by atoms with E-state index in [0.717, 1.165) is 22.4 Å². The van der Waals surface area contributed by atoms with E-state index in [1.165, 1.54) is 4.31 Å². The maximum atomic E-state index is 13.1. The summed E-state index contributed by atoms with van der Waals surface area (Å²) in [6.07, 6.45) is -0.245. The average Bonchev–Trinajstić information content (AvgIpc) is 2.62. The minimum Gasteiger partial charge on any atom is -0.496 e. The molecule has 0 saturated carbocycles. The largest absolute Gasteiger partial charge is 0.496 e. The SMILES string of the molecule is COc1c(C)cc(S(=O)(=O)N2CCOC(c3ccccc3)C2)cc1C. The number of benzene rings is 2. The molecule has 1 saturated heterocycles. The third-order valence-corrected chi connectivity index (χ3v) is 6.32. The normalized spacial score (nSPS) is 18.9. The fraction of sp³-hybridized carbons (Fsp3) is 0.368. The van der Waals surface area contributed by atoms with Gasteiger partial charge in [0.2, 0.25) is 10.0 Å². The average molecular weight is 361 g/mol. The summed E-state index contributed by atoms with van der Waals surface area (Å²) in [5.41, 5.74) is 2.62. The third-order valence-electron chi connectivity index (χ3n) is 4.48. The van der Waals surface area contributed by atoms with Crippen molar-refractivity contribution < 1.29 is 17.9 Å². The zero-order valence-electron chi connectivity index (χ0n) is 14.7. The van der Waals surface area contributed by atoms with Crippen molar-refractivity contribution in [1.82, 2.24) is 4.31 Å². The molecule has 3 rings (SSSR count). The lowest BCUT2D eigenvalue weighted by molar-refractivity contribution is -0.00255. The second-order valence-electron chi connectivity index (χ2n) is 6.22. The molecule has 2 aromatic carbocycles. The van der Waals surface area contributed by atoms with Crippen molar-refractivity contribution in [3.8, 4) is 5.75 Å². The van der Waals surface area contributed by atoms with Crippen molar-refractivity contribution in [2.45, 2.75) is 24.8 Å². The molecule has 1 heterocycles. The quantitative estimate of drug-likeness (QED) is 0.840. The molecule has 1 unspecified atom stereocenters. The fourth-order valence-electron chi connectivity index (χ4n) is 3.24. The fourth-order valence-corrected chi connectivity index (χ4v) is 4.84. The predicted molar refractivity (Wildman–Crippen MR) is 96.4 cm³/mol. The Morgan fingerprint density at radius 2 is 1.76 bits per heavy atom. The molecule has 1 aliphatic heterocycles. The molecular formula is C19H23NO4S. The van der Waals surface area contributed by atoms with Gasteiger partial charge in [-0.15, -0.1) is 0 Å². The molecule has 6 heteroatoms. The lowest BCUT2D eigenvalue weighted by Crippen LogP contribution is -2.42. The van der Waals surface area contributed by atoms with E-state index in [9.17, 15) is 8.42 Å². The van der Waals surface area contributed by atoms with Gasteiger partial charge in [0.25, 0.3) is 0 Å². The summed E-state index contributed by atoms with van der Waals surface area (Å²) in [4.78, 5) is 0.303. The van der Waals surface area contributed by atoms with Crippen molar-refractivity contribution in [2.24, 2.45) is 0 Å². The summed E-state index contributed by atoms with van der Waals surface area (Å²) in [5.74, 6) is 0.725. The molecule has 2 aromatic rings.